The lowest BCUT2D eigenvalue weighted by atomic mass is 10.2. The summed E-state index contributed by atoms with van der Waals surface area (Å²) in [7, 11) is -0.0669. The van der Waals surface area contributed by atoms with E-state index in [0.29, 0.717) is 17.8 Å². The molecule has 2 heterocycles. The third kappa shape index (κ3) is 5.02. The molecular weight excluding hydrogens is 402 g/mol. The van der Waals surface area contributed by atoms with Crippen molar-refractivity contribution in [3.8, 4) is 0 Å². The number of hydrogen-bond acceptors (Lipinski definition) is 5. The maximum Gasteiger partial charge on any atom is 0.293 e. The maximum absolute atomic E-state index is 12.1. The van der Waals surface area contributed by atoms with Crippen LogP contribution in [0.5, 0.6) is 0 Å². The number of halogens is 1. The van der Waals surface area contributed by atoms with Crippen LogP contribution in [0, 0.1) is 0 Å². The molecule has 0 aliphatic heterocycles. The monoisotopic (exact) mass is 427 g/mol. The highest BCUT2D eigenvalue weighted by atomic mass is 79.9. The fourth-order valence-corrected chi connectivity index (χ4v) is 3.47. The first-order chi connectivity index (χ1) is 11.5. The maximum atomic E-state index is 12.1. The van der Waals surface area contributed by atoms with Crippen molar-refractivity contribution in [2.75, 3.05) is 11.9 Å². The van der Waals surface area contributed by atoms with E-state index >= 15 is 0 Å². The van der Waals surface area contributed by atoms with E-state index in [4.69, 9.17) is 4.43 Å². The van der Waals surface area contributed by atoms with Crippen LogP contribution in [-0.2, 0) is 18.0 Å². The zero-order valence-electron chi connectivity index (χ0n) is 15.6. The number of aryl methyl sites for hydroxylation is 1. The predicted octanol–water partition coefficient (Wildman–Crippen LogP) is 3.50. The van der Waals surface area contributed by atoms with E-state index in [9.17, 15) is 4.79 Å². The Morgan fingerprint density at radius 1 is 1.32 bits per heavy atom. The van der Waals surface area contributed by atoms with Crippen molar-refractivity contribution in [3.63, 3.8) is 0 Å². The van der Waals surface area contributed by atoms with Gasteiger partial charge in [0.05, 0.1) is 25.0 Å². The van der Waals surface area contributed by atoms with E-state index in [2.05, 4.69) is 65.2 Å². The molecular formula is C16H26BrN5O2Si. The second-order valence-electron chi connectivity index (χ2n) is 7.55. The molecule has 0 amide bonds. The summed E-state index contributed by atoms with van der Waals surface area (Å²) >= 11 is 3.29. The normalized spacial score (nSPS) is 12.4. The first kappa shape index (κ1) is 19.9. The van der Waals surface area contributed by atoms with Crippen molar-refractivity contribution < 1.29 is 4.43 Å². The van der Waals surface area contributed by atoms with Gasteiger partial charge in [-0.1, -0.05) is 20.8 Å². The van der Waals surface area contributed by atoms with Gasteiger partial charge >= 0.3 is 0 Å². The molecule has 0 bridgehead atoms. The average molecular weight is 428 g/mol. The van der Waals surface area contributed by atoms with Gasteiger partial charge in [0.25, 0.3) is 5.56 Å². The fraction of sp³-hybridized carbons (Fsp3) is 0.562. The summed E-state index contributed by atoms with van der Waals surface area (Å²) in [4.78, 5) is 16.3. The van der Waals surface area contributed by atoms with E-state index in [-0.39, 0.29) is 16.4 Å². The third-order valence-electron chi connectivity index (χ3n) is 4.53. The lowest BCUT2D eigenvalue weighted by Gasteiger charge is -2.36. The molecule has 2 aromatic heterocycles. The fourth-order valence-electron chi connectivity index (χ4n) is 1.95. The summed E-state index contributed by atoms with van der Waals surface area (Å²) in [6.45, 7) is 12.4. The Balaban J connectivity index is 1.98. The minimum absolute atomic E-state index is 0.191. The second-order valence-corrected chi connectivity index (χ2v) is 13.2. The summed E-state index contributed by atoms with van der Waals surface area (Å²) in [5.74, 6) is 0.258. The summed E-state index contributed by atoms with van der Waals surface area (Å²) in [5.41, 5.74) is 0.521. The second kappa shape index (κ2) is 7.43. The Morgan fingerprint density at radius 2 is 2.00 bits per heavy atom. The molecule has 0 radical (unpaired) electrons. The molecule has 0 aromatic carbocycles. The molecule has 0 saturated heterocycles. The zero-order chi connectivity index (χ0) is 18.8. The van der Waals surface area contributed by atoms with Crippen LogP contribution in [0.15, 0.2) is 28.0 Å². The van der Waals surface area contributed by atoms with E-state index in [1.807, 2.05) is 6.20 Å². The molecule has 0 spiro atoms. The van der Waals surface area contributed by atoms with Gasteiger partial charge in [-0.2, -0.15) is 5.10 Å². The molecule has 0 unspecified atom stereocenters. The molecule has 9 heteroatoms. The summed E-state index contributed by atoms with van der Waals surface area (Å²) < 4.78 is 10.0. The van der Waals surface area contributed by atoms with Crippen LogP contribution in [0.25, 0.3) is 0 Å². The van der Waals surface area contributed by atoms with E-state index in [0.717, 1.165) is 5.69 Å². The van der Waals surface area contributed by atoms with Gasteiger partial charge in [0.15, 0.2) is 14.1 Å². The van der Waals surface area contributed by atoms with Gasteiger partial charge in [0.2, 0.25) is 0 Å². The number of nitrogens with one attached hydrogen (secondary N) is 1. The van der Waals surface area contributed by atoms with Crippen molar-refractivity contribution in [2.45, 2.75) is 45.4 Å². The Hall–Kier alpha value is -1.45. The molecule has 7 nitrogen and oxygen atoms in total. The topological polar surface area (TPSA) is 74.0 Å². The van der Waals surface area contributed by atoms with Crippen molar-refractivity contribution in [2.24, 2.45) is 7.05 Å². The Morgan fingerprint density at radius 3 is 2.64 bits per heavy atom. The minimum Gasteiger partial charge on any atom is -0.415 e. The van der Waals surface area contributed by atoms with Crippen LogP contribution in [0.4, 0.5) is 11.5 Å². The van der Waals surface area contributed by atoms with Gasteiger partial charge in [0, 0.05) is 19.4 Å². The van der Waals surface area contributed by atoms with Crippen LogP contribution in [0.2, 0.25) is 18.1 Å². The average Bonchev–Trinajstić information content (AvgIpc) is 2.90. The van der Waals surface area contributed by atoms with Crippen LogP contribution in [0.1, 0.15) is 20.8 Å². The van der Waals surface area contributed by atoms with Gasteiger partial charge in [-0.15, -0.1) is 0 Å². The third-order valence-corrected chi connectivity index (χ3v) is 9.45. The standard InChI is InChI=1S/C16H26BrN5O2Si/c1-16(2,3)25(5,6)24-8-7-22-10-12(9-18-22)19-14-15(23)21(4)11-13(17)20-14/h9-11H,7-8H2,1-6H3,(H,19,20). The largest absolute Gasteiger partial charge is 0.415 e. The molecule has 25 heavy (non-hydrogen) atoms. The number of rotatable bonds is 6. The lowest BCUT2D eigenvalue weighted by molar-refractivity contribution is 0.266. The van der Waals surface area contributed by atoms with Crippen molar-refractivity contribution >= 4 is 35.8 Å². The summed E-state index contributed by atoms with van der Waals surface area (Å²) in [6, 6.07) is 0. The Bertz CT molecular complexity index is 795. The summed E-state index contributed by atoms with van der Waals surface area (Å²) in [5, 5.41) is 7.52. The minimum atomic E-state index is -1.75. The Kier molecular flexibility index (Phi) is 5.90. The molecule has 0 atom stereocenters. The number of hydrogen-bond donors (Lipinski definition) is 1. The molecule has 138 valence electrons. The van der Waals surface area contributed by atoms with E-state index in [1.54, 1.807) is 24.1 Å². The van der Waals surface area contributed by atoms with Crippen LogP contribution in [-0.4, -0.2) is 34.3 Å². The molecule has 0 aliphatic rings. The van der Waals surface area contributed by atoms with E-state index in [1.165, 1.54) is 4.57 Å². The number of aromatic nitrogens is 4. The van der Waals surface area contributed by atoms with E-state index < -0.39 is 8.32 Å². The van der Waals surface area contributed by atoms with Gasteiger partial charge in [0.1, 0.15) is 4.60 Å². The van der Waals surface area contributed by atoms with Crippen LogP contribution in [0.3, 0.4) is 0 Å². The van der Waals surface area contributed by atoms with Gasteiger partial charge < -0.3 is 14.3 Å². The van der Waals surface area contributed by atoms with Crippen molar-refractivity contribution in [1.29, 1.82) is 0 Å². The van der Waals surface area contributed by atoms with Crippen LogP contribution >= 0.6 is 15.9 Å². The lowest BCUT2D eigenvalue weighted by Crippen LogP contribution is -2.41. The van der Waals surface area contributed by atoms with Gasteiger partial charge in [-0.25, -0.2) is 4.98 Å². The molecule has 0 saturated carbocycles. The molecule has 0 aliphatic carbocycles. The first-order valence-electron chi connectivity index (χ1n) is 8.16. The van der Waals surface area contributed by atoms with Crippen molar-refractivity contribution in [3.05, 3.63) is 33.5 Å². The van der Waals surface area contributed by atoms with Crippen LogP contribution < -0.4 is 10.9 Å². The number of anilines is 2. The molecule has 2 aromatic rings. The highest BCUT2D eigenvalue weighted by Crippen LogP contribution is 2.36. The Labute approximate surface area is 157 Å². The first-order valence-corrected chi connectivity index (χ1v) is 11.9. The van der Waals surface area contributed by atoms with Crippen molar-refractivity contribution in [1.82, 2.24) is 19.3 Å². The van der Waals surface area contributed by atoms with Gasteiger partial charge in [-0.05, 0) is 34.1 Å². The SMILES string of the molecule is Cn1cc(Br)nc(Nc2cnn(CCO[Si](C)(C)C(C)(C)C)c2)c1=O. The zero-order valence-corrected chi connectivity index (χ0v) is 18.2. The predicted molar refractivity (Wildman–Crippen MR) is 106 cm³/mol. The smallest absolute Gasteiger partial charge is 0.293 e. The quantitative estimate of drug-likeness (QED) is 0.713. The molecule has 1 N–H and O–H groups in total. The number of nitrogens with zero attached hydrogens (tertiary/aromatic N) is 4. The molecule has 2 rings (SSSR count). The summed E-state index contributed by atoms with van der Waals surface area (Å²) in [6.07, 6.45) is 5.14. The van der Waals surface area contributed by atoms with Gasteiger partial charge in [-0.3, -0.25) is 9.48 Å². The highest BCUT2D eigenvalue weighted by molar-refractivity contribution is 9.10. The molecule has 0 fully saturated rings. The highest BCUT2D eigenvalue weighted by Gasteiger charge is 2.36.